The zero-order valence-corrected chi connectivity index (χ0v) is 17.7. The Hall–Kier alpha value is -1.84. The quantitative estimate of drug-likeness (QED) is 0.525. The van der Waals surface area contributed by atoms with Crippen molar-refractivity contribution in [2.45, 2.75) is 36.2 Å². The van der Waals surface area contributed by atoms with Gasteiger partial charge in [-0.25, -0.2) is 8.42 Å². The molecule has 2 aromatic rings. The molecule has 0 spiro atoms. The lowest BCUT2D eigenvalue weighted by Crippen LogP contribution is -2.23. The van der Waals surface area contributed by atoms with Crippen molar-refractivity contribution in [3.63, 3.8) is 0 Å². The second kappa shape index (κ2) is 8.67. The zero-order valence-electron chi connectivity index (χ0n) is 15.3. The van der Waals surface area contributed by atoms with Crippen LogP contribution in [-0.2, 0) is 21.2 Å². The Morgan fingerprint density at radius 3 is 2.93 bits per heavy atom. The van der Waals surface area contributed by atoms with E-state index in [2.05, 4.69) is 22.1 Å². The number of nitrogens with zero attached hydrogens (tertiary/aromatic N) is 3. The molecular weight excluding hydrogens is 420 g/mol. The molecule has 3 rings (SSSR count). The third kappa shape index (κ3) is 4.95. The average molecular weight is 441 g/mol. The largest absolute Gasteiger partial charge is 0.325 e. The number of carbonyl (C=O) groups excluding carboxylic acids is 1. The Morgan fingerprint density at radius 2 is 2.29 bits per heavy atom. The van der Waals surface area contributed by atoms with E-state index < -0.39 is 15.1 Å². The normalized spacial score (nSPS) is 19.3. The minimum atomic E-state index is -3.03. The summed E-state index contributed by atoms with van der Waals surface area (Å²) in [5.41, 5.74) is 0.620. The first-order valence-corrected chi connectivity index (χ1v) is 11.8. The fourth-order valence-corrected chi connectivity index (χ4v) is 5.81. The van der Waals surface area contributed by atoms with Crippen molar-refractivity contribution < 1.29 is 13.2 Å². The molecule has 0 saturated carbocycles. The molecule has 1 aliphatic heterocycles. The van der Waals surface area contributed by atoms with Crippen molar-refractivity contribution >= 4 is 44.8 Å². The molecule has 0 bridgehead atoms. The summed E-state index contributed by atoms with van der Waals surface area (Å²) in [7, 11) is -3.03. The maximum absolute atomic E-state index is 12.5. The number of benzene rings is 1. The first-order valence-electron chi connectivity index (χ1n) is 8.76. The average Bonchev–Trinajstić information content (AvgIpc) is 3.18. The van der Waals surface area contributed by atoms with E-state index in [9.17, 15) is 13.2 Å². The van der Waals surface area contributed by atoms with E-state index >= 15 is 0 Å². The van der Waals surface area contributed by atoms with Crippen molar-refractivity contribution in [1.29, 1.82) is 0 Å². The maximum atomic E-state index is 12.5. The van der Waals surface area contributed by atoms with Gasteiger partial charge in [0.25, 0.3) is 0 Å². The summed E-state index contributed by atoms with van der Waals surface area (Å²) in [5, 5.41) is 11.9. The van der Waals surface area contributed by atoms with E-state index in [-0.39, 0.29) is 23.3 Å². The number of hydrogen-bond donors (Lipinski definition) is 1. The lowest BCUT2D eigenvalue weighted by molar-refractivity contribution is -0.115. The molecule has 2 heterocycles. The Kier molecular flexibility index (Phi) is 6.47. The van der Waals surface area contributed by atoms with Gasteiger partial charge >= 0.3 is 0 Å². The van der Waals surface area contributed by atoms with Crippen LogP contribution < -0.4 is 5.32 Å². The fraction of sp³-hybridized carbons (Fsp3) is 0.389. The number of hydrogen-bond acceptors (Lipinski definition) is 6. The summed E-state index contributed by atoms with van der Waals surface area (Å²) in [6.07, 6.45) is 2.24. The van der Waals surface area contributed by atoms with E-state index in [0.717, 1.165) is 0 Å². The van der Waals surface area contributed by atoms with Gasteiger partial charge in [0.15, 0.2) is 15.0 Å². The second-order valence-electron chi connectivity index (χ2n) is 6.60. The molecule has 0 unspecified atom stereocenters. The first kappa shape index (κ1) is 20.9. The second-order valence-corrected chi connectivity index (χ2v) is 10.6. The number of thioether (sulfide) groups is 1. The number of nitrogens with one attached hydrogen (secondary N) is 1. The summed E-state index contributed by atoms with van der Waals surface area (Å²) < 4.78 is 25.5. The number of rotatable bonds is 7. The summed E-state index contributed by atoms with van der Waals surface area (Å²) in [6.45, 7) is 5.98. The molecule has 150 valence electrons. The molecule has 28 heavy (non-hydrogen) atoms. The minimum Gasteiger partial charge on any atom is -0.325 e. The lowest BCUT2D eigenvalue weighted by atomic mass is 10.1. The van der Waals surface area contributed by atoms with E-state index in [4.69, 9.17) is 11.6 Å². The summed E-state index contributed by atoms with van der Waals surface area (Å²) in [6, 6.07) is 6.94. The molecule has 0 aliphatic carbocycles. The van der Waals surface area contributed by atoms with Gasteiger partial charge in [-0.3, -0.25) is 4.79 Å². The number of allylic oxidation sites excluding steroid dienone is 1. The molecule has 1 aliphatic rings. The Labute approximate surface area is 173 Å². The highest BCUT2D eigenvalue weighted by atomic mass is 35.5. The van der Waals surface area contributed by atoms with Gasteiger partial charge in [-0.1, -0.05) is 35.5 Å². The Balaban J connectivity index is 1.74. The third-order valence-electron chi connectivity index (χ3n) is 4.40. The molecule has 1 fully saturated rings. The predicted octanol–water partition coefficient (Wildman–Crippen LogP) is 3.14. The number of halogens is 1. The number of carbonyl (C=O) groups is 1. The molecule has 1 saturated heterocycles. The van der Waals surface area contributed by atoms with Crippen molar-refractivity contribution in [1.82, 2.24) is 14.8 Å². The predicted molar refractivity (Wildman–Crippen MR) is 112 cm³/mol. The van der Waals surface area contributed by atoms with Gasteiger partial charge in [-0.2, -0.15) is 0 Å². The van der Waals surface area contributed by atoms with Gasteiger partial charge in [-0.15, -0.1) is 16.8 Å². The summed E-state index contributed by atoms with van der Waals surface area (Å²) in [5.74, 6) is 0.510. The van der Waals surface area contributed by atoms with Gasteiger partial charge in [0.1, 0.15) is 5.82 Å². The molecule has 1 aromatic heterocycles. The van der Waals surface area contributed by atoms with Crippen molar-refractivity contribution in [2.24, 2.45) is 0 Å². The minimum absolute atomic E-state index is 0.0811. The van der Waals surface area contributed by atoms with Crippen LogP contribution in [-0.4, -0.2) is 45.8 Å². The van der Waals surface area contributed by atoms with Crippen LogP contribution in [0.1, 0.15) is 25.1 Å². The number of anilines is 1. The molecule has 2 atom stereocenters. The van der Waals surface area contributed by atoms with E-state index in [1.165, 1.54) is 11.8 Å². The van der Waals surface area contributed by atoms with Crippen molar-refractivity contribution in [3.05, 3.63) is 47.8 Å². The van der Waals surface area contributed by atoms with E-state index in [1.807, 2.05) is 4.57 Å². The smallest absolute Gasteiger partial charge is 0.237 e. The molecule has 1 amide bonds. The van der Waals surface area contributed by atoms with Crippen LogP contribution in [0.3, 0.4) is 0 Å². The first-order chi connectivity index (χ1) is 13.3. The lowest BCUT2D eigenvalue weighted by Gasteiger charge is -2.14. The summed E-state index contributed by atoms with van der Waals surface area (Å²) in [4.78, 5) is 12.5. The van der Waals surface area contributed by atoms with Crippen LogP contribution in [0, 0.1) is 0 Å². The van der Waals surface area contributed by atoms with E-state index in [0.29, 0.717) is 34.7 Å². The molecule has 1 aromatic carbocycles. The van der Waals surface area contributed by atoms with Gasteiger partial charge in [-0.05, 0) is 31.5 Å². The highest BCUT2D eigenvalue weighted by Gasteiger charge is 2.33. The fourth-order valence-electron chi connectivity index (χ4n) is 3.01. The van der Waals surface area contributed by atoms with Crippen LogP contribution in [0.2, 0.25) is 5.02 Å². The van der Waals surface area contributed by atoms with Gasteiger partial charge in [0.2, 0.25) is 5.91 Å². The SMILES string of the molecule is C=CCn1c(S[C@H](C)C(=O)Nc2cccc(Cl)c2)nnc1[C@H]1CCS(=O)(=O)C1. The van der Waals surface area contributed by atoms with Gasteiger partial charge < -0.3 is 9.88 Å². The number of amides is 1. The monoisotopic (exact) mass is 440 g/mol. The van der Waals surface area contributed by atoms with Crippen LogP contribution >= 0.6 is 23.4 Å². The number of sulfone groups is 1. The third-order valence-corrected chi connectivity index (χ3v) is 7.48. The maximum Gasteiger partial charge on any atom is 0.237 e. The van der Waals surface area contributed by atoms with Crippen molar-refractivity contribution in [2.75, 3.05) is 16.8 Å². The molecule has 1 N–H and O–H groups in total. The number of aromatic nitrogens is 3. The Morgan fingerprint density at radius 1 is 1.50 bits per heavy atom. The molecule has 10 heteroatoms. The topological polar surface area (TPSA) is 93.9 Å². The molecule has 7 nitrogen and oxygen atoms in total. The van der Waals surface area contributed by atoms with Gasteiger partial charge in [0, 0.05) is 23.2 Å². The highest BCUT2D eigenvalue weighted by molar-refractivity contribution is 8.00. The molecular formula is C18H21ClN4O3S2. The zero-order chi connectivity index (χ0) is 20.3. The van der Waals surface area contributed by atoms with Crippen LogP contribution in [0.15, 0.2) is 42.1 Å². The Bertz CT molecular complexity index is 990. The van der Waals surface area contributed by atoms with Crippen LogP contribution in [0.4, 0.5) is 5.69 Å². The highest BCUT2D eigenvalue weighted by Crippen LogP contribution is 2.31. The van der Waals surface area contributed by atoms with Crippen molar-refractivity contribution in [3.8, 4) is 0 Å². The van der Waals surface area contributed by atoms with Crippen LogP contribution in [0.5, 0.6) is 0 Å². The van der Waals surface area contributed by atoms with E-state index in [1.54, 1.807) is 37.3 Å². The molecule has 0 radical (unpaired) electrons. The summed E-state index contributed by atoms with van der Waals surface area (Å²) >= 11 is 7.22. The van der Waals surface area contributed by atoms with Crippen LogP contribution in [0.25, 0.3) is 0 Å². The van der Waals surface area contributed by atoms with Gasteiger partial charge in [0.05, 0.1) is 16.8 Å². The standard InChI is InChI=1S/C18H21ClN4O3S2/c1-3-8-23-16(13-7-9-28(25,26)11-13)21-22-18(23)27-12(2)17(24)20-15-6-4-5-14(19)10-15/h3-6,10,12-13H,1,7-9,11H2,2H3,(H,20,24)/t12-,13+/m1/s1.